The zero-order valence-electron chi connectivity index (χ0n) is 11.9. The maximum absolute atomic E-state index is 12.0. The average Bonchev–Trinajstić information content (AvgIpc) is 2.49. The fourth-order valence-electron chi connectivity index (χ4n) is 2.11. The molecule has 2 aromatic rings. The van der Waals surface area contributed by atoms with Crippen LogP contribution in [0.25, 0.3) is 0 Å². The van der Waals surface area contributed by atoms with E-state index in [1.807, 2.05) is 6.07 Å². The Morgan fingerprint density at radius 3 is 2.57 bits per heavy atom. The van der Waals surface area contributed by atoms with E-state index in [9.17, 15) is 14.9 Å². The van der Waals surface area contributed by atoms with Crippen molar-refractivity contribution in [2.24, 2.45) is 14.1 Å². The van der Waals surface area contributed by atoms with Crippen LogP contribution in [0.4, 0.5) is 5.82 Å². The first kappa shape index (κ1) is 14.5. The molecule has 0 unspecified atom stereocenters. The highest BCUT2D eigenvalue weighted by molar-refractivity contribution is 5.53. The first-order chi connectivity index (χ1) is 9.97. The van der Waals surface area contributed by atoms with Crippen molar-refractivity contribution >= 4 is 5.82 Å². The third-order valence-electron chi connectivity index (χ3n) is 3.12. The van der Waals surface area contributed by atoms with Crippen molar-refractivity contribution in [1.29, 1.82) is 5.26 Å². The van der Waals surface area contributed by atoms with E-state index in [0.29, 0.717) is 12.2 Å². The van der Waals surface area contributed by atoms with Gasteiger partial charge in [0.05, 0.1) is 18.4 Å². The molecule has 8 heteroatoms. The standard InChI is InChI=1S/C13H14N6O2/c1-17(8-9-7-15-4-5-16-9)11-10(6-14)12(20)19(3)13(21)18(11)2/h4-5,7H,8H2,1-3H3. The Hall–Kier alpha value is -2.95. The lowest BCUT2D eigenvalue weighted by atomic mass is 10.3. The van der Waals surface area contributed by atoms with Gasteiger partial charge < -0.3 is 4.90 Å². The fraction of sp³-hybridized carbons (Fsp3) is 0.308. The number of anilines is 1. The van der Waals surface area contributed by atoms with Gasteiger partial charge >= 0.3 is 5.69 Å². The minimum absolute atomic E-state index is 0.0778. The summed E-state index contributed by atoms with van der Waals surface area (Å²) in [7, 11) is 4.55. The van der Waals surface area contributed by atoms with Crippen molar-refractivity contribution < 1.29 is 0 Å². The number of nitriles is 1. The second-order valence-corrected chi connectivity index (χ2v) is 4.57. The maximum atomic E-state index is 12.0. The van der Waals surface area contributed by atoms with Gasteiger partial charge in [0, 0.05) is 33.5 Å². The molecular formula is C13H14N6O2. The highest BCUT2D eigenvalue weighted by Gasteiger charge is 2.19. The summed E-state index contributed by atoms with van der Waals surface area (Å²) in [6, 6.07) is 1.87. The SMILES string of the molecule is CN(Cc1cnccn1)c1c(C#N)c(=O)n(C)c(=O)n1C. The van der Waals surface area contributed by atoms with Crippen molar-refractivity contribution in [2.75, 3.05) is 11.9 Å². The van der Waals surface area contributed by atoms with E-state index in [0.717, 1.165) is 4.57 Å². The third kappa shape index (κ3) is 2.53. The summed E-state index contributed by atoms with van der Waals surface area (Å²) >= 11 is 0. The molecule has 21 heavy (non-hydrogen) atoms. The molecule has 0 aliphatic heterocycles. The smallest absolute Gasteiger partial charge is 0.332 e. The van der Waals surface area contributed by atoms with Gasteiger partial charge in [0.2, 0.25) is 0 Å². The molecule has 0 aliphatic carbocycles. The average molecular weight is 286 g/mol. The molecule has 0 amide bonds. The summed E-state index contributed by atoms with van der Waals surface area (Å²) in [6.07, 6.45) is 4.69. The van der Waals surface area contributed by atoms with Gasteiger partial charge in [0.1, 0.15) is 11.9 Å². The molecule has 0 radical (unpaired) electrons. The molecule has 0 saturated carbocycles. The van der Waals surface area contributed by atoms with Gasteiger partial charge in [-0.15, -0.1) is 0 Å². The Kier molecular flexibility index (Phi) is 3.84. The van der Waals surface area contributed by atoms with Crippen molar-refractivity contribution in [1.82, 2.24) is 19.1 Å². The molecular weight excluding hydrogens is 272 g/mol. The van der Waals surface area contributed by atoms with Crippen LogP contribution in [0.15, 0.2) is 28.2 Å². The zero-order chi connectivity index (χ0) is 15.6. The minimum atomic E-state index is -0.610. The van der Waals surface area contributed by atoms with E-state index in [1.165, 1.54) is 18.7 Å². The van der Waals surface area contributed by atoms with E-state index in [1.54, 1.807) is 30.5 Å². The van der Waals surface area contributed by atoms with Crippen LogP contribution >= 0.6 is 0 Å². The summed E-state index contributed by atoms with van der Waals surface area (Å²) in [4.78, 5) is 33.7. The molecule has 108 valence electrons. The summed E-state index contributed by atoms with van der Waals surface area (Å²) in [5.74, 6) is 0.260. The van der Waals surface area contributed by atoms with Gasteiger partial charge in [-0.25, -0.2) is 4.79 Å². The third-order valence-corrected chi connectivity index (χ3v) is 3.12. The fourth-order valence-corrected chi connectivity index (χ4v) is 2.11. The molecule has 0 saturated heterocycles. The van der Waals surface area contributed by atoms with E-state index >= 15 is 0 Å². The predicted octanol–water partition coefficient (Wildman–Crippen LogP) is -0.618. The Labute approximate surface area is 120 Å². The lowest BCUT2D eigenvalue weighted by molar-refractivity contribution is 0.665. The monoisotopic (exact) mass is 286 g/mol. The number of hydrogen-bond donors (Lipinski definition) is 0. The molecule has 0 atom stereocenters. The summed E-state index contributed by atoms with van der Waals surface area (Å²) in [5, 5.41) is 9.22. The van der Waals surface area contributed by atoms with Gasteiger partial charge in [0.25, 0.3) is 5.56 Å². The van der Waals surface area contributed by atoms with Crippen molar-refractivity contribution in [3.05, 3.63) is 50.7 Å². The second kappa shape index (κ2) is 5.58. The van der Waals surface area contributed by atoms with Crippen LogP contribution in [0, 0.1) is 11.3 Å². The van der Waals surface area contributed by atoms with Gasteiger partial charge in [0.15, 0.2) is 5.56 Å². The molecule has 0 bridgehead atoms. The summed E-state index contributed by atoms with van der Waals surface area (Å²) in [6.45, 7) is 0.322. The molecule has 2 aromatic heterocycles. The van der Waals surface area contributed by atoms with Crippen LogP contribution < -0.4 is 16.1 Å². The molecule has 0 fully saturated rings. The lowest BCUT2D eigenvalue weighted by Crippen LogP contribution is -2.41. The maximum Gasteiger partial charge on any atom is 0.332 e. The van der Waals surface area contributed by atoms with E-state index in [2.05, 4.69) is 9.97 Å². The van der Waals surface area contributed by atoms with Crippen molar-refractivity contribution in [3.8, 4) is 6.07 Å². The first-order valence-corrected chi connectivity index (χ1v) is 6.13. The largest absolute Gasteiger partial charge is 0.354 e. The molecule has 8 nitrogen and oxygen atoms in total. The number of nitrogens with zero attached hydrogens (tertiary/aromatic N) is 6. The van der Waals surface area contributed by atoms with Crippen LogP contribution in [0.5, 0.6) is 0 Å². The highest BCUT2D eigenvalue weighted by atomic mass is 16.2. The number of rotatable bonds is 3. The molecule has 2 heterocycles. The van der Waals surface area contributed by atoms with Crippen LogP contribution in [0.2, 0.25) is 0 Å². The van der Waals surface area contributed by atoms with Crippen molar-refractivity contribution in [3.63, 3.8) is 0 Å². The van der Waals surface area contributed by atoms with Gasteiger partial charge in [-0.1, -0.05) is 0 Å². The van der Waals surface area contributed by atoms with Crippen LogP contribution in [-0.4, -0.2) is 26.1 Å². The van der Waals surface area contributed by atoms with Crippen LogP contribution in [0.1, 0.15) is 11.3 Å². The summed E-state index contributed by atoms with van der Waals surface area (Å²) < 4.78 is 2.19. The molecule has 0 N–H and O–H groups in total. The van der Waals surface area contributed by atoms with Gasteiger partial charge in [-0.05, 0) is 0 Å². The Morgan fingerprint density at radius 2 is 2.00 bits per heavy atom. The summed E-state index contributed by atoms with van der Waals surface area (Å²) in [5.41, 5.74) is -0.510. The Bertz CT molecular complexity index is 816. The normalized spacial score (nSPS) is 10.2. The molecule has 0 aliphatic rings. The van der Waals surface area contributed by atoms with Gasteiger partial charge in [-0.3, -0.25) is 23.9 Å². The van der Waals surface area contributed by atoms with Gasteiger partial charge in [-0.2, -0.15) is 5.26 Å². The Morgan fingerprint density at radius 1 is 1.29 bits per heavy atom. The number of hydrogen-bond acceptors (Lipinski definition) is 6. The molecule has 2 rings (SSSR count). The molecule has 0 spiro atoms. The van der Waals surface area contributed by atoms with E-state index in [-0.39, 0.29) is 11.4 Å². The second-order valence-electron chi connectivity index (χ2n) is 4.57. The van der Waals surface area contributed by atoms with E-state index < -0.39 is 11.2 Å². The minimum Gasteiger partial charge on any atom is -0.354 e. The molecule has 0 aromatic carbocycles. The Balaban J connectivity index is 2.56. The predicted molar refractivity (Wildman–Crippen MR) is 75.8 cm³/mol. The lowest BCUT2D eigenvalue weighted by Gasteiger charge is -2.22. The van der Waals surface area contributed by atoms with Crippen molar-refractivity contribution in [2.45, 2.75) is 6.54 Å². The highest BCUT2D eigenvalue weighted by Crippen LogP contribution is 2.14. The topological polar surface area (TPSA) is 96.8 Å². The van der Waals surface area contributed by atoms with Crippen LogP contribution in [-0.2, 0) is 20.6 Å². The first-order valence-electron chi connectivity index (χ1n) is 6.13. The number of aromatic nitrogens is 4. The quantitative estimate of drug-likeness (QED) is 0.746. The van der Waals surface area contributed by atoms with Crippen LogP contribution in [0.3, 0.4) is 0 Å². The zero-order valence-corrected chi connectivity index (χ0v) is 11.9. The van der Waals surface area contributed by atoms with E-state index in [4.69, 9.17) is 0 Å².